The molecule has 0 saturated carbocycles. The predicted octanol–water partition coefficient (Wildman–Crippen LogP) is 3.10. The number of azo groups is 1. The molecule has 0 saturated heterocycles. The number of ether oxygens (including phenoxy) is 1. The van der Waals surface area contributed by atoms with Crippen LogP contribution in [0, 0.1) is 25.2 Å². The zero-order valence-corrected chi connectivity index (χ0v) is 16.1. The molecule has 2 aromatic rings. The molecule has 1 N–H and O–H groups in total. The molecule has 0 atom stereocenters. The highest BCUT2D eigenvalue weighted by Gasteiger charge is 2.19. The highest BCUT2D eigenvalue weighted by atomic mass is 16.5. The number of nitrogens with zero attached hydrogens (tertiary/aromatic N) is 6. The summed E-state index contributed by atoms with van der Waals surface area (Å²) in [6.45, 7) is 8.96. The molecule has 144 valence electrons. The average Bonchev–Trinajstić information content (AvgIpc) is 2.98. The molecule has 0 aliphatic rings. The summed E-state index contributed by atoms with van der Waals surface area (Å²) in [5.41, 5.74) is 0.651. The van der Waals surface area contributed by atoms with E-state index in [0.29, 0.717) is 12.4 Å². The van der Waals surface area contributed by atoms with Gasteiger partial charge in [-0.3, -0.25) is 14.0 Å². The van der Waals surface area contributed by atoms with Gasteiger partial charge in [0.2, 0.25) is 5.88 Å². The Kier molecular flexibility index (Phi) is 6.85. The van der Waals surface area contributed by atoms with E-state index in [-0.39, 0.29) is 35.8 Å². The standard InChI is InChI=1S/C18H24N6O3/c1-5-7-24-12(3)10-15(22-24)20-21-16-13(4)14(11-19)17(25)23(18(16)26)8-9-27-6-2/h10,26H,5-9H2,1-4H3. The first-order chi connectivity index (χ1) is 12.9. The summed E-state index contributed by atoms with van der Waals surface area (Å²) in [6.07, 6.45) is 0.940. The molecule has 0 fully saturated rings. The van der Waals surface area contributed by atoms with Gasteiger partial charge in [0, 0.05) is 30.5 Å². The van der Waals surface area contributed by atoms with Crippen LogP contribution >= 0.6 is 0 Å². The average molecular weight is 372 g/mol. The lowest BCUT2D eigenvalue weighted by atomic mass is 10.1. The smallest absolute Gasteiger partial charge is 0.271 e. The summed E-state index contributed by atoms with van der Waals surface area (Å²) in [6, 6.07) is 3.66. The Morgan fingerprint density at radius 2 is 2.04 bits per heavy atom. The highest BCUT2D eigenvalue weighted by Crippen LogP contribution is 2.32. The monoisotopic (exact) mass is 372 g/mol. The molecular weight excluding hydrogens is 348 g/mol. The quantitative estimate of drug-likeness (QED) is 0.564. The van der Waals surface area contributed by atoms with E-state index in [9.17, 15) is 15.2 Å². The minimum atomic E-state index is -0.575. The van der Waals surface area contributed by atoms with Gasteiger partial charge in [0.25, 0.3) is 5.56 Å². The molecule has 9 nitrogen and oxygen atoms in total. The Hall–Kier alpha value is -2.99. The molecule has 27 heavy (non-hydrogen) atoms. The van der Waals surface area contributed by atoms with Gasteiger partial charge in [-0.05, 0) is 27.2 Å². The van der Waals surface area contributed by atoms with Crippen molar-refractivity contribution in [1.82, 2.24) is 14.3 Å². The lowest BCUT2D eigenvalue weighted by Crippen LogP contribution is -2.25. The van der Waals surface area contributed by atoms with E-state index in [1.165, 1.54) is 0 Å². The molecule has 0 spiro atoms. The summed E-state index contributed by atoms with van der Waals surface area (Å²) in [5, 5.41) is 32.3. The van der Waals surface area contributed by atoms with Gasteiger partial charge in [-0.1, -0.05) is 6.92 Å². The zero-order chi connectivity index (χ0) is 20.0. The number of aromatic hydroxyl groups is 1. The fourth-order valence-electron chi connectivity index (χ4n) is 2.65. The number of aromatic nitrogens is 3. The van der Waals surface area contributed by atoms with E-state index in [1.807, 2.05) is 24.6 Å². The van der Waals surface area contributed by atoms with Gasteiger partial charge in [-0.15, -0.1) is 10.2 Å². The van der Waals surface area contributed by atoms with E-state index < -0.39 is 5.56 Å². The molecule has 0 bridgehead atoms. The number of rotatable bonds is 8. The van der Waals surface area contributed by atoms with Gasteiger partial charge in [0.1, 0.15) is 11.6 Å². The Labute approximate surface area is 157 Å². The van der Waals surface area contributed by atoms with Gasteiger partial charge >= 0.3 is 0 Å². The minimum Gasteiger partial charge on any atom is -0.493 e. The molecule has 0 radical (unpaired) electrons. The van der Waals surface area contributed by atoms with Crippen molar-refractivity contribution in [3.63, 3.8) is 0 Å². The Morgan fingerprint density at radius 1 is 1.30 bits per heavy atom. The van der Waals surface area contributed by atoms with Crippen LogP contribution in [0.4, 0.5) is 11.5 Å². The molecule has 2 heterocycles. The maximum atomic E-state index is 12.4. The molecule has 9 heteroatoms. The van der Waals surface area contributed by atoms with Crippen molar-refractivity contribution >= 4 is 11.5 Å². The molecule has 0 amide bonds. The van der Waals surface area contributed by atoms with Crippen LogP contribution in [0.5, 0.6) is 5.88 Å². The molecule has 0 aliphatic carbocycles. The molecule has 2 rings (SSSR count). The summed E-state index contributed by atoms with van der Waals surface area (Å²) in [4.78, 5) is 12.4. The highest BCUT2D eigenvalue weighted by molar-refractivity contribution is 5.59. The summed E-state index contributed by atoms with van der Waals surface area (Å²) in [7, 11) is 0. The first kappa shape index (κ1) is 20.3. The second-order valence-electron chi connectivity index (χ2n) is 6.00. The van der Waals surface area contributed by atoms with Crippen molar-refractivity contribution in [2.45, 2.75) is 47.2 Å². The van der Waals surface area contributed by atoms with Crippen molar-refractivity contribution in [2.24, 2.45) is 10.2 Å². The van der Waals surface area contributed by atoms with Crippen molar-refractivity contribution in [1.29, 1.82) is 5.26 Å². The summed E-state index contributed by atoms with van der Waals surface area (Å²) in [5.74, 6) is 0.0509. The third-order valence-electron chi connectivity index (χ3n) is 4.09. The minimum absolute atomic E-state index is 0.0744. The van der Waals surface area contributed by atoms with Crippen molar-refractivity contribution in [3.8, 4) is 11.9 Å². The molecular formula is C18H24N6O3. The first-order valence-electron chi connectivity index (χ1n) is 8.84. The Bertz CT molecular complexity index is 936. The van der Waals surface area contributed by atoms with Crippen molar-refractivity contribution in [3.05, 3.63) is 33.2 Å². The maximum absolute atomic E-state index is 12.4. The first-order valence-corrected chi connectivity index (χ1v) is 8.84. The summed E-state index contributed by atoms with van der Waals surface area (Å²) >= 11 is 0. The number of pyridine rings is 1. The third kappa shape index (κ3) is 4.41. The van der Waals surface area contributed by atoms with Gasteiger partial charge < -0.3 is 9.84 Å². The van der Waals surface area contributed by atoms with Crippen molar-refractivity contribution < 1.29 is 9.84 Å². The van der Waals surface area contributed by atoms with Crippen molar-refractivity contribution in [2.75, 3.05) is 13.2 Å². The second-order valence-corrected chi connectivity index (χ2v) is 6.00. The maximum Gasteiger partial charge on any atom is 0.271 e. The van der Waals surface area contributed by atoms with Crippen LogP contribution in [0.2, 0.25) is 0 Å². The topological polar surface area (TPSA) is 118 Å². The number of aryl methyl sites for hydroxylation is 2. The molecule has 0 aliphatic heterocycles. The second kappa shape index (κ2) is 9.09. The van der Waals surface area contributed by atoms with Gasteiger partial charge in [-0.25, -0.2) is 0 Å². The van der Waals surface area contributed by atoms with E-state index in [1.54, 1.807) is 13.0 Å². The molecule has 2 aromatic heterocycles. The Morgan fingerprint density at radius 3 is 2.67 bits per heavy atom. The summed E-state index contributed by atoms with van der Waals surface area (Å²) < 4.78 is 8.14. The van der Waals surface area contributed by atoms with Crippen LogP contribution in [0.25, 0.3) is 0 Å². The van der Waals surface area contributed by atoms with Crippen LogP contribution < -0.4 is 5.56 Å². The number of hydrogen-bond acceptors (Lipinski definition) is 7. The van der Waals surface area contributed by atoms with Gasteiger partial charge in [-0.2, -0.15) is 10.4 Å². The molecule has 0 aromatic carbocycles. The number of nitriles is 1. The lowest BCUT2D eigenvalue weighted by molar-refractivity contribution is 0.136. The van der Waals surface area contributed by atoms with Crippen LogP contribution in [0.1, 0.15) is 37.1 Å². The fraction of sp³-hybridized carbons (Fsp3) is 0.500. The van der Waals surface area contributed by atoms with E-state index in [0.717, 1.165) is 23.2 Å². The van der Waals surface area contributed by atoms with Crippen LogP contribution in [0.15, 0.2) is 21.1 Å². The van der Waals surface area contributed by atoms with E-state index in [2.05, 4.69) is 22.3 Å². The predicted molar refractivity (Wildman–Crippen MR) is 99.7 cm³/mol. The lowest BCUT2D eigenvalue weighted by Gasteiger charge is -2.12. The van der Waals surface area contributed by atoms with Gasteiger partial charge in [0.05, 0.1) is 13.2 Å². The van der Waals surface area contributed by atoms with Crippen LogP contribution in [0.3, 0.4) is 0 Å². The van der Waals surface area contributed by atoms with E-state index >= 15 is 0 Å². The fourth-order valence-corrected chi connectivity index (χ4v) is 2.65. The van der Waals surface area contributed by atoms with E-state index in [4.69, 9.17) is 4.74 Å². The van der Waals surface area contributed by atoms with Gasteiger partial charge in [0.15, 0.2) is 11.5 Å². The molecule has 0 unspecified atom stereocenters. The normalized spacial score (nSPS) is 11.2. The zero-order valence-electron chi connectivity index (χ0n) is 16.1. The third-order valence-corrected chi connectivity index (χ3v) is 4.09. The number of hydrogen-bond donors (Lipinski definition) is 1. The largest absolute Gasteiger partial charge is 0.493 e. The van der Waals surface area contributed by atoms with Crippen LogP contribution in [-0.2, 0) is 17.8 Å². The Balaban J connectivity index is 2.46. The van der Waals surface area contributed by atoms with Crippen LogP contribution in [-0.4, -0.2) is 32.7 Å². The SMILES string of the molecule is CCCn1nc(N=Nc2c(C)c(C#N)c(=O)n(CCOCC)c2O)cc1C.